The van der Waals surface area contributed by atoms with Crippen LogP contribution in [-0.4, -0.2) is 49.3 Å². The van der Waals surface area contributed by atoms with Crippen molar-refractivity contribution >= 4 is 27.9 Å². The zero-order chi connectivity index (χ0) is 15.1. The van der Waals surface area contributed by atoms with Gasteiger partial charge in [-0.25, -0.2) is 4.39 Å². The van der Waals surface area contributed by atoms with Gasteiger partial charge in [-0.1, -0.05) is 15.9 Å². The predicted molar refractivity (Wildman–Crippen MR) is 78.7 cm³/mol. The molecule has 0 aliphatic rings. The fraction of sp³-hybridized carbons (Fsp3) is 0.357. The first-order chi connectivity index (χ1) is 9.43. The molecule has 0 radical (unpaired) electrons. The molecule has 1 rings (SSSR count). The van der Waals surface area contributed by atoms with Crippen molar-refractivity contribution in [3.63, 3.8) is 0 Å². The third-order valence-corrected chi connectivity index (χ3v) is 3.08. The van der Waals surface area contributed by atoms with Gasteiger partial charge in [0.25, 0.3) is 0 Å². The largest absolute Gasteiger partial charge is 0.389 e. The number of halogens is 2. The van der Waals surface area contributed by atoms with Gasteiger partial charge in [-0.05, 0) is 24.3 Å². The molecule has 0 bridgehead atoms. The van der Waals surface area contributed by atoms with Crippen LogP contribution in [0.2, 0.25) is 0 Å². The molecule has 1 N–H and O–H groups in total. The number of ether oxygens (including phenoxy) is 1. The van der Waals surface area contributed by atoms with E-state index in [0.29, 0.717) is 5.56 Å². The Balaban J connectivity index is 2.65. The van der Waals surface area contributed by atoms with Crippen LogP contribution < -0.4 is 0 Å². The molecule has 0 fully saturated rings. The Morgan fingerprint density at radius 3 is 2.95 bits per heavy atom. The van der Waals surface area contributed by atoms with Gasteiger partial charge >= 0.3 is 0 Å². The summed E-state index contributed by atoms with van der Waals surface area (Å²) in [5.74, 6) is -0.723. The minimum atomic E-state index is -0.745. The van der Waals surface area contributed by atoms with Crippen LogP contribution in [0.1, 0.15) is 5.56 Å². The molecule has 0 aromatic heterocycles. The number of nitrogens with zero attached hydrogens (tertiary/aromatic N) is 1. The highest BCUT2D eigenvalue weighted by Crippen LogP contribution is 2.16. The fourth-order valence-corrected chi connectivity index (χ4v) is 1.96. The van der Waals surface area contributed by atoms with Gasteiger partial charge in [0.15, 0.2) is 0 Å². The third kappa shape index (κ3) is 5.40. The van der Waals surface area contributed by atoms with E-state index in [1.807, 2.05) is 0 Å². The van der Waals surface area contributed by atoms with Crippen LogP contribution in [0, 0.1) is 5.82 Å². The molecule has 110 valence electrons. The minimum absolute atomic E-state index is 0.151. The summed E-state index contributed by atoms with van der Waals surface area (Å²) in [4.78, 5) is 13.1. The lowest BCUT2D eigenvalue weighted by atomic mass is 10.2. The monoisotopic (exact) mass is 345 g/mol. The number of aliphatic hydroxyl groups excluding tert-OH is 1. The first-order valence-electron chi connectivity index (χ1n) is 5.99. The molecule has 0 heterocycles. The maximum atomic E-state index is 13.5. The first-order valence-corrected chi connectivity index (χ1v) is 6.78. The summed E-state index contributed by atoms with van der Waals surface area (Å²) in [6.45, 7) is 0.305. The highest BCUT2D eigenvalue weighted by atomic mass is 79.9. The highest BCUT2D eigenvalue weighted by molar-refractivity contribution is 9.10. The molecule has 1 atom stereocenters. The molecule has 0 saturated carbocycles. The van der Waals surface area contributed by atoms with Crippen LogP contribution >= 0.6 is 15.9 Å². The second-order valence-corrected chi connectivity index (χ2v) is 5.24. The maximum Gasteiger partial charge on any atom is 0.246 e. The Hall–Kier alpha value is -1.24. The van der Waals surface area contributed by atoms with Gasteiger partial charge in [0.05, 0.1) is 12.7 Å². The summed E-state index contributed by atoms with van der Waals surface area (Å²) in [5, 5.41) is 9.53. The van der Waals surface area contributed by atoms with Gasteiger partial charge in [0.1, 0.15) is 5.82 Å². The summed E-state index contributed by atoms with van der Waals surface area (Å²) in [6, 6.07) is 4.49. The molecule has 6 heteroatoms. The van der Waals surface area contributed by atoms with Crippen molar-refractivity contribution < 1.29 is 19.0 Å². The van der Waals surface area contributed by atoms with Gasteiger partial charge in [-0.3, -0.25) is 4.79 Å². The van der Waals surface area contributed by atoms with Crippen LogP contribution in [0.15, 0.2) is 28.7 Å². The van der Waals surface area contributed by atoms with Gasteiger partial charge in [0, 0.05) is 36.8 Å². The average molecular weight is 346 g/mol. The van der Waals surface area contributed by atoms with E-state index >= 15 is 0 Å². The normalized spacial score (nSPS) is 12.7. The number of hydrogen-bond donors (Lipinski definition) is 1. The molecule has 1 amide bonds. The lowest BCUT2D eigenvalue weighted by Gasteiger charge is -2.18. The van der Waals surface area contributed by atoms with Crippen LogP contribution in [0.3, 0.4) is 0 Å². The smallest absolute Gasteiger partial charge is 0.246 e. The van der Waals surface area contributed by atoms with Crippen LogP contribution in [0.5, 0.6) is 0 Å². The van der Waals surface area contributed by atoms with Crippen LogP contribution in [0.25, 0.3) is 6.08 Å². The molecule has 1 aromatic carbocycles. The number of likely N-dealkylation sites (N-methyl/N-ethyl adjacent to an activating group) is 1. The molecule has 20 heavy (non-hydrogen) atoms. The van der Waals surface area contributed by atoms with Crippen molar-refractivity contribution in [1.29, 1.82) is 0 Å². The molecular weight excluding hydrogens is 329 g/mol. The van der Waals surface area contributed by atoms with Crippen molar-refractivity contribution in [1.82, 2.24) is 4.90 Å². The molecule has 4 nitrogen and oxygen atoms in total. The SMILES string of the molecule is COCC(O)CN(C)C(=O)C=Cc1cc(Br)ccc1F. The summed E-state index contributed by atoms with van der Waals surface area (Å²) >= 11 is 3.24. The molecule has 0 aliphatic carbocycles. The Kier molecular flexibility index (Phi) is 6.84. The number of methoxy groups -OCH3 is 1. The minimum Gasteiger partial charge on any atom is -0.389 e. The lowest BCUT2D eigenvalue weighted by molar-refractivity contribution is -0.126. The van der Waals surface area contributed by atoms with Crippen LogP contribution in [0.4, 0.5) is 4.39 Å². The standard InChI is InChI=1S/C14H17BrFNO3/c1-17(8-12(18)9-20-2)14(19)6-3-10-7-11(15)4-5-13(10)16/h3-7,12,18H,8-9H2,1-2H3. The van der Waals surface area contributed by atoms with Crippen molar-refractivity contribution in [2.45, 2.75) is 6.10 Å². The Morgan fingerprint density at radius 2 is 2.30 bits per heavy atom. The number of benzene rings is 1. The van der Waals surface area contributed by atoms with E-state index < -0.39 is 11.9 Å². The van der Waals surface area contributed by atoms with E-state index in [0.717, 1.165) is 4.47 Å². The molecule has 1 unspecified atom stereocenters. The zero-order valence-corrected chi connectivity index (χ0v) is 12.9. The van der Waals surface area contributed by atoms with E-state index in [2.05, 4.69) is 15.9 Å². The molecular formula is C14H17BrFNO3. The highest BCUT2D eigenvalue weighted by Gasteiger charge is 2.11. The number of aliphatic hydroxyl groups is 1. The Morgan fingerprint density at radius 1 is 1.60 bits per heavy atom. The summed E-state index contributed by atoms with van der Waals surface area (Å²) < 4.78 is 19.0. The number of rotatable bonds is 6. The summed E-state index contributed by atoms with van der Waals surface area (Å²) in [5.41, 5.74) is 0.318. The van der Waals surface area contributed by atoms with E-state index in [4.69, 9.17) is 4.74 Å². The number of carbonyl (C=O) groups is 1. The second kappa shape index (κ2) is 8.14. The third-order valence-electron chi connectivity index (χ3n) is 2.58. The van der Waals surface area contributed by atoms with Gasteiger partial charge in [0.2, 0.25) is 5.91 Å². The second-order valence-electron chi connectivity index (χ2n) is 4.33. The Labute approximate surface area is 126 Å². The van der Waals surface area contributed by atoms with E-state index in [1.165, 1.54) is 30.2 Å². The summed E-state index contributed by atoms with van der Waals surface area (Å²) in [6.07, 6.45) is 1.93. The first kappa shape index (κ1) is 16.8. The van der Waals surface area contributed by atoms with Gasteiger partial charge < -0.3 is 14.7 Å². The average Bonchev–Trinajstić information content (AvgIpc) is 2.39. The fourth-order valence-electron chi connectivity index (χ4n) is 1.58. The van der Waals surface area contributed by atoms with Crippen molar-refractivity contribution in [2.24, 2.45) is 0 Å². The number of hydrogen-bond acceptors (Lipinski definition) is 3. The topological polar surface area (TPSA) is 49.8 Å². The summed E-state index contributed by atoms with van der Waals surface area (Å²) in [7, 11) is 3.03. The number of amides is 1. The van der Waals surface area contributed by atoms with E-state index in [1.54, 1.807) is 19.2 Å². The zero-order valence-electron chi connectivity index (χ0n) is 11.3. The van der Waals surface area contributed by atoms with Crippen LogP contribution in [-0.2, 0) is 9.53 Å². The van der Waals surface area contributed by atoms with Crippen molar-refractivity contribution in [2.75, 3.05) is 27.3 Å². The van der Waals surface area contributed by atoms with E-state index in [-0.39, 0.29) is 19.1 Å². The van der Waals surface area contributed by atoms with Gasteiger partial charge in [-0.2, -0.15) is 0 Å². The van der Waals surface area contributed by atoms with Crippen molar-refractivity contribution in [3.8, 4) is 0 Å². The predicted octanol–water partition coefficient (Wildman–Crippen LogP) is 2.07. The van der Waals surface area contributed by atoms with Gasteiger partial charge in [-0.15, -0.1) is 0 Å². The number of carbonyl (C=O) groups excluding carboxylic acids is 1. The lowest BCUT2D eigenvalue weighted by Crippen LogP contribution is -2.35. The maximum absolute atomic E-state index is 13.5. The molecule has 0 spiro atoms. The molecule has 1 aromatic rings. The van der Waals surface area contributed by atoms with Crippen molar-refractivity contribution in [3.05, 3.63) is 40.1 Å². The Bertz CT molecular complexity index is 493. The quantitative estimate of drug-likeness (QED) is 0.803. The van der Waals surface area contributed by atoms with E-state index in [9.17, 15) is 14.3 Å². The molecule has 0 aliphatic heterocycles. The molecule has 0 saturated heterocycles.